The lowest BCUT2D eigenvalue weighted by Gasteiger charge is -2.25. The van der Waals surface area contributed by atoms with Crippen molar-refractivity contribution < 1.29 is 32.9 Å². The minimum atomic E-state index is -4.35. The monoisotopic (exact) mass is 1200 g/mol. The molecular weight excluding hydrogens is 1060 g/mol. The highest BCUT2D eigenvalue weighted by atomic mass is 31.2. The number of rotatable bonds is 70. The first kappa shape index (κ1) is 82.7. The molecule has 0 radical (unpaired) electrons. The van der Waals surface area contributed by atoms with E-state index in [1.165, 1.54) is 327 Å². The van der Waals surface area contributed by atoms with E-state index < -0.39 is 20.0 Å². The first-order chi connectivity index (χ1) is 41.0. The number of quaternary nitrogens is 1. The molecule has 0 spiro atoms. The summed E-state index contributed by atoms with van der Waals surface area (Å²) in [5.41, 5.74) is 0. The molecule has 0 aromatic carbocycles. The summed E-state index contributed by atoms with van der Waals surface area (Å²) >= 11 is 0. The molecule has 0 aromatic heterocycles. The second kappa shape index (κ2) is 66.1. The molecule has 0 fully saturated rings. The van der Waals surface area contributed by atoms with E-state index in [-0.39, 0.29) is 19.1 Å². The van der Waals surface area contributed by atoms with Gasteiger partial charge in [-0.15, -0.1) is 0 Å². The molecule has 0 saturated carbocycles. The minimum Gasteiger partial charge on any atom is -0.387 e. The number of phosphoric ester groups is 1. The largest absolute Gasteiger partial charge is 0.472 e. The number of amides is 1. The highest BCUT2D eigenvalue weighted by Crippen LogP contribution is 2.43. The molecule has 0 bridgehead atoms. The fourth-order valence-corrected chi connectivity index (χ4v) is 12.3. The van der Waals surface area contributed by atoms with Crippen LogP contribution in [0.4, 0.5) is 0 Å². The van der Waals surface area contributed by atoms with Gasteiger partial charge in [-0.05, 0) is 51.4 Å². The van der Waals surface area contributed by atoms with Gasteiger partial charge in [0.15, 0.2) is 0 Å². The van der Waals surface area contributed by atoms with Crippen LogP contribution in [0.5, 0.6) is 0 Å². The Morgan fingerprint density at radius 1 is 0.405 bits per heavy atom. The van der Waals surface area contributed by atoms with Gasteiger partial charge in [-0.3, -0.25) is 13.8 Å². The van der Waals surface area contributed by atoms with Gasteiger partial charge in [0.2, 0.25) is 5.91 Å². The highest BCUT2D eigenvalue weighted by Gasteiger charge is 2.28. The maximum absolute atomic E-state index is 13.1. The Labute approximate surface area is 525 Å². The molecule has 9 heteroatoms. The summed E-state index contributed by atoms with van der Waals surface area (Å²) in [6.45, 7) is 4.88. The number of hydrogen-bond donors (Lipinski definition) is 3. The number of phosphoric acid groups is 1. The van der Waals surface area contributed by atoms with Crippen molar-refractivity contribution in [3.63, 3.8) is 0 Å². The molecule has 8 nitrogen and oxygen atoms in total. The van der Waals surface area contributed by atoms with Crippen LogP contribution in [0.15, 0.2) is 36.5 Å². The van der Waals surface area contributed by atoms with Gasteiger partial charge in [-0.2, -0.15) is 0 Å². The highest BCUT2D eigenvalue weighted by molar-refractivity contribution is 7.47. The number of carbonyl (C=O) groups excluding carboxylic acids is 1. The van der Waals surface area contributed by atoms with Gasteiger partial charge in [0, 0.05) is 6.42 Å². The quantitative estimate of drug-likeness (QED) is 0.0243. The fraction of sp³-hybridized carbons (Fsp3) is 0.907. The third-order valence-electron chi connectivity index (χ3n) is 17.4. The number of nitrogens with one attached hydrogen (secondary N) is 1. The van der Waals surface area contributed by atoms with E-state index in [1.54, 1.807) is 6.08 Å². The van der Waals surface area contributed by atoms with E-state index in [2.05, 4.69) is 43.5 Å². The Morgan fingerprint density at radius 3 is 0.976 bits per heavy atom. The standard InChI is InChI=1S/C75H147N2O6P/c1-6-8-10-12-14-16-18-20-22-24-26-28-30-31-32-33-34-35-36-37-38-39-40-41-42-43-44-45-47-49-51-53-55-57-59-61-63-65-67-69-75(79)76-73(72-83-84(80,81)82-71-70-77(3,4)5)74(78)68-66-64-62-60-58-56-54-52-50-48-46-29-27-25-23-21-19-17-15-13-11-9-7-2/h34-35,37-38,66,68,73-74,78H,6-33,36,39-65,67,69-72H2,1-5H3,(H-,76,79,80,81)/p+1/b35-34-,38-37-,68-66+. The summed E-state index contributed by atoms with van der Waals surface area (Å²) in [5.74, 6) is -0.170. The molecule has 0 aromatic rings. The van der Waals surface area contributed by atoms with Crippen molar-refractivity contribution in [2.75, 3.05) is 40.9 Å². The van der Waals surface area contributed by atoms with Crippen molar-refractivity contribution >= 4 is 13.7 Å². The minimum absolute atomic E-state index is 0.0633. The molecule has 0 rings (SSSR count). The van der Waals surface area contributed by atoms with Crippen molar-refractivity contribution in [2.45, 2.75) is 398 Å². The lowest BCUT2D eigenvalue weighted by molar-refractivity contribution is -0.870. The molecular formula is C75H148N2O6P+. The lowest BCUT2D eigenvalue weighted by Crippen LogP contribution is -2.45. The van der Waals surface area contributed by atoms with Crippen LogP contribution >= 0.6 is 7.82 Å². The predicted octanol–water partition coefficient (Wildman–Crippen LogP) is 24.0. The third-order valence-corrected chi connectivity index (χ3v) is 18.3. The number of aliphatic hydroxyl groups excluding tert-OH is 1. The van der Waals surface area contributed by atoms with Gasteiger partial charge in [0.05, 0.1) is 39.9 Å². The average molecular weight is 1200 g/mol. The Balaban J connectivity index is 3.96. The van der Waals surface area contributed by atoms with E-state index in [4.69, 9.17) is 9.05 Å². The lowest BCUT2D eigenvalue weighted by atomic mass is 10.0. The van der Waals surface area contributed by atoms with Crippen LogP contribution in [-0.4, -0.2) is 73.4 Å². The molecule has 0 saturated heterocycles. The van der Waals surface area contributed by atoms with Crippen molar-refractivity contribution in [3.05, 3.63) is 36.5 Å². The molecule has 0 aliphatic heterocycles. The van der Waals surface area contributed by atoms with Crippen LogP contribution in [0.1, 0.15) is 386 Å². The zero-order valence-corrected chi connectivity index (χ0v) is 58.1. The third kappa shape index (κ3) is 68.2. The topological polar surface area (TPSA) is 105 Å². The van der Waals surface area contributed by atoms with E-state index in [0.29, 0.717) is 17.4 Å². The first-order valence-electron chi connectivity index (χ1n) is 37.4. The summed E-state index contributed by atoms with van der Waals surface area (Å²) in [5, 5.41) is 14.0. The van der Waals surface area contributed by atoms with Gasteiger partial charge in [0.25, 0.3) is 0 Å². The zero-order chi connectivity index (χ0) is 61.2. The first-order valence-corrected chi connectivity index (χ1v) is 38.9. The number of unbranched alkanes of at least 4 members (excludes halogenated alkanes) is 53. The molecule has 1 amide bonds. The van der Waals surface area contributed by atoms with Gasteiger partial charge in [0.1, 0.15) is 13.2 Å². The molecule has 3 N–H and O–H groups in total. The van der Waals surface area contributed by atoms with Gasteiger partial charge in [-0.25, -0.2) is 4.57 Å². The number of nitrogens with zero attached hydrogens (tertiary/aromatic N) is 1. The summed E-state index contributed by atoms with van der Waals surface area (Å²) in [4.78, 5) is 23.4. The molecule has 0 aliphatic carbocycles. The maximum atomic E-state index is 13.1. The predicted molar refractivity (Wildman–Crippen MR) is 369 cm³/mol. The molecule has 3 unspecified atom stereocenters. The van der Waals surface area contributed by atoms with Crippen molar-refractivity contribution in [1.29, 1.82) is 0 Å². The number of carbonyl (C=O) groups is 1. The van der Waals surface area contributed by atoms with E-state index in [0.717, 1.165) is 38.5 Å². The normalized spacial score (nSPS) is 13.8. The van der Waals surface area contributed by atoms with Crippen molar-refractivity contribution in [3.8, 4) is 0 Å². The summed E-state index contributed by atoms with van der Waals surface area (Å²) in [6, 6.07) is -0.847. The van der Waals surface area contributed by atoms with Crippen LogP contribution in [0.2, 0.25) is 0 Å². The molecule has 0 aliphatic rings. The summed E-state index contributed by atoms with van der Waals surface area (Å²) in [7, 11) is 1.59. The summed E-state index contributed by atoms with van der Waals surface area (Å²) in [6.07, 6.45) is 88.9. The van der Waals surface area contributed by atoms with E-state index in [9.17, 15) is 19.4 Å². The van der Waals surface area contributed by atoms with Crippen molar-refractivity contribution in [2.24, 2.45) is 0 Å². The van der Waals surface area contributed by atoms with Gasteiger partial charge >= 0.3 is 7.82 Å². The van der Waals surface area contributed by atoms with E-state index >= 15 is 0 Å². The number of allylic oxidation sites excluding steroid dienone is 5. The molecule has 498 valence electrons. The van der Waals surface area contributed by atoms with Gasteiger partial charge < -0.3 is 19.8 Å². The number of hydrogen-bond acceptors (Lipinski definition) is 5. The van der Waals surface area contributed by atoms with Crippen LogP contribution in [0.3, 0.4) is 0 Å². The van der Waals surface area contributed by atoms with Crippen LogP contribution < -0.4 is 5.32 Å². The Hall–Kier alpha value is -1.28. The SMILES string of the molecule is CCCCCCCCCCCCCCCCC/C=C\C/C=C\CCCCCCCCCCCCCCCCCCCC(=O)NC(COP(=O)(O)OCC[N+](C)(C)C)C(O)/C=C/CCCCCCCCCCCCCCCCCCCCCCC. The zero-order valence-electron chi connectivity index (χ0n) is 57.2. The number of aliphatic hydroxyl groups is 1. The Bertz CT molecular complexity index is 1460. The second-order valence-electron chi connectivity index (χ2n) is 27.0. The average Bonchev–Trinajstić information content (AvgIpc) is 3.56. The molecule has 3 atom stereocenters. The van der Waals surface area contributed by atoms with Crippen LogP contribution in [-0.2, 0) is 18.4 Å². The van der Waals surface area contributed by atoms with E-state index in [1.807, 2.05) is 27.2 Å². The van der Waals surface area contributed by atoms with Gasteiger partial charge in [-0.1, -0.05) is 365 Å². The Kier molecular flexibility index (Phi) is 65.1. The van der Waals surface area contributed by atoms with Crippen LogP contribution in [0.25, 0.3) is 0 Å². The fourth-order valence-electron chi connectivity index (χ4n) is 11.5. The Morgan fingerprint density at radius 2 is 0.679 bits per heavy atom. The second-order valence-corrected chi connectivity index (χ2v) is 28.5. The smallest absolute Gasteiger partial charge is 0.387 e. The van der Waals surface area contributed by atoms with Crippen molar-refractivity contribution in [1.82, 2.24) is 5.32 Å². The van der Waals surface area contributed by atoms with Crippen LogP contribution in [0, 0.1) is 0 Å². The molecule has 84 heavy (non-hydrogen) atoms. The number of likely N-dealkylation sites (N-methyl/N-ethyl adjacent to an activating group) is 1. The maximum Gasteiger partial charge on any atom is 0.472 e. The molecule has 0 heterocycles. The summed E-state index contributed by atoms with van der Waals surface area (Å²) < 4.78 is 23.8.